The maximum atomic E-state index is 11.9. The predicted octanol–water partition coefficient (Wildman–Crippen LogP) is 1.63. The van der Waals surface area contributed by atoms with E-state index in [9.17, 15) is 26.4 Å². The van der Waals surface area contributed by atoms with Crippen LogP contribution in [0, 0.1) is 10.8 Å². The Labute approximate surface area is 179 Å². The van der Waals surface area contributed by atoms with Crippen molar-refractivity contribution in [3.63, 3.8) is 0 Å². The van der Waals surface area contributed by atoms with Crippen molar-refractivity contribution in [2.45, 2.75) is 66.6 Å². The molecule has 0 aliphatic heterocycles. The lowest BCUT2D eigenvalue weighted by Gasteiger charge is -2.23. The van der Waals surface area contributed by atoms with Crippen LogP contribution in [0.15, 0.2) is 0 Å². The van der Waals surface area contributed by atoms with E-state index >= 15 is 0 Å². The molecule has 0 amide bonds. The molecule has 0 N–H and O–H groups in total. The Balaban J connectivity index is 5.19. The van der Waals surface area contributed by atoms with Crippen LogP contribution >= 0.6 is 0 Å². The van der Waals surface area contributed by atoms with Crippen LogP contribution in [0.3, 0.4) is 0 Å². The minimum Gasteiger partial charge on any atom is -0.462 e. The van der Waals surface area contributed by atoms with Crippen LogP contribution in [0.25, 0.3) is 0 Å². The van der Waals surface area contributed by atoms with E-state index in [0.29, 0.717) is 0 Å². The van der Waals surface area contributed by atoms with Crippen molar-refractivity contribution in [3.05, 3.63) is 0 Å². The van der Waals surface area contributed by atoms with E-state index in [0.717, 1.165) is 12.5 Å². The average Bonchev–Trinajstić information content (AvgIpc) is 2.49. The molecule has 0 aliphatic rings. The van der Waals surface area contributed by atoms with Crippen LogP contribution in [-0.4, -0.2) is 66.7 Å². The van der Waals surface area contributed by atoms with Gasteiger partial charge in [-0.3, -0.25) is 18.0 Å². The molecule has 0 aromatic rings. The lowest BCUT2D eigenvalue weighted by atomic mass is 9.97. The van der Waals surface area contributed by atoms with Crippen LogP contribution in [0.4, 0.5) is 0 Å². The molecule has 0 unspecified atom stereocenters. The molecule has 0 aromatic carbocycles. The highest BCUT2D eigenvalue weighted by atomic mass is 32.2. The second kappa shape index (κ2) is 10.9. The first-order valence-electron chi connectivity index (χ1n) is 9.31. The smallest absolute Gasteiger partial charge is 0.311 e. The van der Waals surface area contributed by atoms with Gasteiger partial charge in [-0.2, -0.15) is 16.8 Å². The SMILES string of the molecule is CC(C)(C)C(=O)OC[C@H](CC[C@@H](COC(=O)C(C)(C)C)OS(C)(=O)=O)OS(C)(=O)=O. The van der Waals surface area contributed by atoms with E-state index in [-0.39, 0.29) is 26.1 Å². The summed E-state index contributed by atoms with van der Waals surface area (Å²) in [6, 6.07) is 0. The van der Waals surface area contributed by atoms with Crippen molar-refractivity contribution in [1.82, 2.24) is 0 Å². The summed E-state index contributed by atoms with van der Waals surface area (Å²) in [5, 5.41) is 0. The van der Waals surface area contributed by atoms with E-state index in [2.05, 4.69) is 0 Å². The van der Waals surface area contributed by atoms with Crippen LogP contribution in [-0.2, 0) is 47.7 Å². The fourth-order valence-electron chi connectivity index (χ4n) is 1.95. The molecule has 0 saturated heterocycles. The van der Waals surface area contributed by atoms with Crippen molar-refractivity contribution in [3.8, 4) is 0 Å². The number of carbonyl (C=O) groups is 2. The third kappa shape index (κ3) is 13.9. The predicted molar refractivity (Wildman–Crippen MR) is 109 cm³/mol. The molecule has 30 heavy (non-hydrogen) atoms. The van der Waals surface area contributed by atoms with Gasteiger partial charge in [0.25, 0.3) is 20.2 Å². The molecular weight excluding hydrogens is 440 g/mol. The molecule has 0 heterocycles. The Bertz CT molecular complexity index is 718. The third-order valence-corrected chi connectivity index (χ3v) is 4.70. The van der Waals surface area contributed by atoms with Crippen molar-refractivity contribution >= 4 is 32.2 Å². The summed E-state index contributed by atoms with van der Waals surface area (Å²) in [7, 11) is -7.74. The van der Waals surface area contributed by atoms with E-state index in [1.807, 2.05) is 0 Å². The summed E-state index contributed by atoms with van der Waals surface area (Å²) in [5.74, 6) is -1.10. The van der Waals surface area contributed by atoms with Crippen molar-refractivity contribution in [1.29, 1.82) is 0 Å². The number of hydrogen-bond donors (Lipinski definition) is 0. The Kier molecular flexibility index (Phi) is 10.4. The quantitative estimate of drug-likeness (QED) is 0.320. The Hall–Kier alpha value is -1.24. The van der Waals surface area contributed by atoms with E-state index in [4.69, 9.17) is 17.8 Å². The van der Waals surface area contributed by atoms with Crippen LogP contribution in [0.5, 0.6) is 0 Å². The maximum absolute atomic E-state index is 11.9. The summed E-state index contributed by atoms with van der Waals surface area (Å²) < 4.78 is 66.2. The molecule has 0 saturated carbocycles. The number of ether oxygens (including phenoxy) is 2. The van der Waals surface area contributed by atoms with E-state index in [1.54, 1.807) is 41.5 Å². The fourth-order valence-corrected chi connectivity index (χ4v) is 3.25. The van der Waals surface area contributed by atoms with Gasteiger partial charge in [0.1, 0.15) is 25.4 Å². The topological polar surface area (TPSA) is 139 Å². The summed E-state index contributed by atoms with van der Waals surface area (Å²) in [4.78, 5) is 23.9. The van der Waals surface area contributed by atoms with Gasteiger partial charge < -0.3 is 9.47 Å². The molecule has 178 valence electrons. The standard InChI is InChI=1S/C18H34O10S2/c1-17(2,3)15(19)25-11-13(27-29(7,21)22)9-10-14(28-30(8,23)24)12-26-16(20)18(4,5)6/h13-14H,9-12H2,1-8H3/t13-,14-/m0/s1. The molecular formula is C18H34O10S2. The fraction of sp³-hybridized carbons (Fsp3) is 0.889. The molecule has 0 fully saturated rings. The second-order valence-corrected chi connectivity index (χ2v) is 12.3. The zero-order valence-electron chi connectivity index (χ0n) is 18.9. The van der Waals surface area contributed by atoms with Crippen molar-refractivity contribution < 1.29 is 44.3 Å². The zero-order valence-corrected chi connectivity index (χ0v) is 20.5. The average molecular weight is 475 g/mol. The van der Waals surface area contributed by atoms with Crippen LogP contribution in [0.2, 0.25) is 0 Å². The van der Waals surface area contributed by atoms with E-state index in [1.165, 1.54) is 0 Å². The van der Waals surface area contributed by atoms with Gasteiger partial charge in [0, 0.05) is 0 Å². The molecule has 0 rings (SSSR count). The zero-order chi connectivity index (χ0) is 24.0. The first-order chi connectivity index (χ1) is 13.2. The second-order valence-electron chi connectivity index (χ2n) is 9.12. The number of carbonyl (C=O) groups excluding carboxylic acids is 2. The lowest BCUT2D eigenvalue weighted by Crippen LogP contribution is -2.33. The van der Waals surface area contributed by atoms with Crippen molar-refractivity contribution in [2.75, 3.05) is 25.7 Å². The van der Waals surface area contributed by atoms with Gasteiger partial charge in [-0.1, -0.05) is 0 Å². The highest BCUT2D eigenvalue weighted by Gasteiger charge is 2.28. The summed E-state index contributed by atoms with van der Waals surface area (Å²) >= 11 is 0. The molecule has 0 bridgehead atoms. The molecule has 10 nitrogen and oxygen atoms in total. The molecule has 2 atom stereocenters. The first-order valence-corrected chi connectivity index (χ1v) is 12.9. The summed E-state index contributed by atoms with van der Waals surface area (Å²) in [5.41, 5.74) is -1.59. The van der Waals surface area contributed by atoms with Crippen LogP contribution < -0.4 is 0 Å². The molecule has 0 aromatic heterocycles. The number of hydrogen-bond acceptors (Lipinski definition) is 10. The minimum atomic E-state index is -3.87. The molecule has 0 spiro atoms. The van der Waals surface area contributed by atoms with Gasteiger partial charge in [0.15, 0.2) is 0 Å². The minimum absolute atomic E-state index is 0.0300. The normalized spacial score (nSPS) is 15.3. The van der Waals surface area contributed by atoms with E-state index < -0.39 is 55.2 Å². The third-order valence-electron chi connectivity index (χ3n) is 3.46. The molecule has 0 radical (unpaired) electrons. The molecule has 12 heteroatoms. The summed E-state index contributed by atoms with van der Waals surface area (Å²) in [6.45, 7) is 9.14. The van der Waals surface area contributed by atoms with Gasteiger partial charge in [-0.05, 0) is 54.4 Å². The van der Waals surface area contributed by atoms with Gasteiger partial charge in [-0.15, -0.1) is 0 Å². The largest absolute Gasteiger partial charge is 0.462 e. The number of esters is 2. The van der Waals surface area contributed by atoms with Crippen molar-refractivity contribution in [2.24, 2.45) is 10.8 Å². The lowest BCUT2D eigenvalue weighted by molar-refractivity contribution is -0.157. The first kappa shape index (κ1) is 28.8. The summed E-state index contributed by atoms with van der Waals surface area (Å²) in [6.07, 6.45) is -0.483. The Morgan fingerprint density at radius 3 is 1.13 bits per heavy atom. The maximum Gasteiger partial charge on any atom is 0.311 e. The number of rotatable bonds is 11. The van der Waals surface area contributed by atoms with Crippen LogP contribution in [0.1, 0.15) is 54.4 Å². The Morgan fingerprint density at radius 1 is 0.667 bits per heavy atom. The molecule has 0 aliphatic carbocycles. The highest BCUT2D eigenvalue weighted by Crippen LogP contribution is 2.19. The van der Waals surface area contributed by atoms with Gasteiger partial charge in [0.05, 0.1) is 23.3 Å². The monoisotopic (exact) mass is 474 g/mol. The van der Waals surface area contributed by atoms with Gasteiger partial charge in [-0.25, -0.2) is 0 Å². The van der Waals surface area contributed by atoms with Gasteiger partial charge in [0.2, 0.25) is 0 Å². The van der Waals surface area contributed by atoms with Gasteiger partial charge >= 0.3 is 11.9 Å². The Morgan fingerprint density at radius 2 is 0.933 bits per heavy atom. The highest BCUT2D eigenvalue weighted by molar-refractivity contribution is 7.86.